The Bertz CT molecular complexity index is 2320. The van der Waals surface area contributed by atoms with Crippen molar-refractivity contribution < 1.29 is 121 Å². The Morgan fingerprint density at radius 2 is 0.653 bits per heavy atom. The zero-order valence-electron chi connectivity index (χ0n) is 60.2. The molecule has 0 aliphatic carbocycles. The van der Waals surface area contributed by atoms with Crippen LogP contribution in [0.3, 0.4) is 0 Å². The van der Waals surface area contributed by atoms with Gasteiger partial charge in [0.05, 0.1) is 91.1 Å². The molecule has 0 fully saturated rings. The summed E-state index contributed by atoms with van der Waals surface area (Å²) in [5.41, 5.74) is 0. The van der Waals surface area contributed by atoms with Crippen molar-refractivity contribution in [1.29, 1.82) is 0 Å². The second-order valence-corrected chi connectivity index (χ2v) is 24.7. The largest absolute Gasteiger partial charge is 0.481 e. The van der Waals surface area contributed by atoms with Crippen molar-refractivity contribution in [3.63, 3.8) is 0 Å². The smallest absolute Gasteiger partial charge is 0.326 e. The van der Waals surface area contributed by atoms with Crippen LogP contribution in [0.1, 0.15) is 206 Å². The number of carboxylic acids is 4. The van der Waals surface area contributed by atoms with E-state index in [9.17, 15) is 77.6 Å². The standard InChI is InChI=1S/C70H122N6O25/c1-3-21-54(60(79)4-2)22-19-20-31-71-62(81)30-27-59(70(92)93)76-63(82)29-26-56(69(90)91)49-58(78)50-98-44-40-95-37-33-73-64(83)52-100-46-42-97-39-35-75-66(85)53-101-47-43-96-38-34-74-65(84)51-99-45-41-94-36-32-72-61(80)28-25-55(68(88)89)48-57(77)23-17-15-13-11-9-7-5-6-8-10-12-14-16-18-24-67(86)87/h54-56,59H,3-53H2,1-2H3,(H,71,81)(H,72,80)(H,73,83)(H,74,84)(H,75,85)(H,76,82)(H,86,87)(H,88,89)(H,90,91)(H,92,93)/t54-,55+,56+,59-/m0/s1. The molecule has 0 rings (SSSR count). The second-order valence-electron chi connectivity index (χ2n) is 24.7. The Labute approximate surface area is 595 Å². The minimum Gasteiger partial charge on any atom is -0.481 e. The molecule has 0 unspecified atom stereocenters. The number of carboxylic acid groups (broad SMARTS) is 4. The molecule has 0 radical (unpaired) electrons. The molecule has 101 heavy (non-hydrogen) atoms. The van der Waals surface area contributed by atoms with Gasteiger partial charge in [0.15, 0.2) is 5.78 Å². The summed E-state index contributed by atoms with van der Waals surface area (Å²) in [4.78, 5) is 156. The lowest BCUT2D eigenvalue weighted by Crippen LogP contribution is -2.42. The molecule has 0 saturated carbocycles. The summed E-state index contributed by atoms with van der Waals surface area (Å²) in [7, 11) is 0. The van der Waals surface area contributed by atoms with Crippen LogP contribution in [0.4, 0.5) is 0 Å². The highest BCUT2D eigenvalue weighted by atomic mass is 16.5. The van der Waals surface area contributed by atoms with Gasteiger partial charge in [-0.2, -0.15) is 0 Å². The number of aliphatic carboxylic acids is 4. The van der Waals surface area contributed by atoms with Crippen molar-refractivity contribution in [1.82, 2.24) is 31.9 Å². The highest BCUT2D eigenvalue weighted by Crippen LogP contribution is 2.20. The first-order chi connectivity index (χ1) is 48.7. The number of hydrogen-bond acceptors (Lipinski definition) is 21. The average Bonchev–Trinajstić information content (AvgIpc) is 1.08. The molecule has 4 atom stereocenters. The number of rotatable bonds is 75. The molecule has 0 aromatic heterocycles. The maximum absolute atomic E-state index is 12.6. The molecule has 31 nitrogen and oxygen atoms in total. The van der Waals surface area contributed by atoms with Gasteiger partial charge in [-0.3, -0.25) is 57.5 Å². The molecule has 0 spiro atoms. The summed E-state index contributed by atoms with van der Waals surface area (Å²) in [5, 5.41) is 53.2. The zero-order valence-corrected chi connectivity index (χ0v) is 60.2. The third-order valence-electron chi connectivity index (χ3n) is 15.9. The van der Waals surface area contributed by atoms with Crippen molar-refractivity contribution in [3.05, 3.63) is 0 Å². The minimum absolute atomic E-state index is 0.00106. The van der Waals surface area contributed by atoms with Crippen LogP contribution in [-0.4, -0.2) is 242 Å². The summed E-state index contributed by atoms with van der Waals surface area (Å²) in [6.45, 7) is 5.66. The Morgan fingerprint density at radius 1 is 0.297 bits per heavy atom. The molecular weight excluding hydrogens is 1320 g/mol. The van der Waals surface area contributed by atoms with E-state index < -0.39 is 72.4 Å². The third kappa shape index (κ3) is 61.8. The number of nitrogens with one attached hydrogen (secondary N) is 6. The first-order valence-corrected chi connectivity index (χ1v) is 36.4. The van der Waals surface area contributed by atoms with Crippen LogP contribution >= 0.6 is 0 Å². The summed E-state index contributed by atoms with van der Waals surface area (Å²) >= 11 is 0. The summed E-state index contributed by atoms with van der Waals surface area (Å²) in [6, 6.07) is -1.38. The van der Waals surface area contributed by atoms with E-state index in [4.69, 9.17) is 43.0 Å². The van der Waals surface area contributed by atoms with E-state index >= 15 is 0 Å². The average molecular weight is 1450 g/mol. The van der Waals surface area contributed by atoms with Gasteiger partial charge < -0.3 is 90.2 Å². The van der Waals surface area contributed by atoms with Gasteiger partial charge in [-0.15, -0.1) is 0 Å². The van der Waals surface area contributed by atoms with E-state index in [-0.39, 0.29) is 218 Å². The van der Waals surface area contributed by atoms with Gasteiger partial charge in [0, 0.05) is 90.0 Å². The molecule has 0 aliphatic rings. The number of ether oxygens (including phenoxy) is 8. The number of hydrogen-bond donors (Lipinski definition) is 10. The molecule has 0 saturated heterocycles. The summed E-state index contributed by atoms with van der Waals surface area (Å²) < 4.78 is 42.8. The van der Waals surface area contributed by atoms with E-state index in [1.54, 1.807) is 0 Å². The van der Waals surface area contributed by atoms with Crippen LogP contribution in [-0.2, 0) is 100 Å². The van der Waals surface area contributed by atoms with Crippen LogP contribution < -0.4 is 31.9 Å². The fourth-order valence-corrected chi connectivity index (χ4v) is 10.3. The molecule has 31 heteroatoms. The van der Waals surface area contributed by atoms with Crippen molar-refractivity contribution in [3.8, 4) is 0 Å². The summed E-state index contributed by atoms with van der Waals surface area (Å²) in [5.74, 6) is -9.61. The van der Waals surface area contributed by atoms with Gasteiger partial charge in [0.2, 0.25) is 35.4 Å². The fourth-order valence-electron chi connectivity index (χ4n) is 10.3. The Kier molecular flexibility index (Phi) is 62.3. The molecule has 0 aliphatic heterocycles. The predicted octanol–water partition coefficient (Wildman–Crippen LogP) is 4.82. The van der Waals surface area contributed by atoms with Gasteiger partial charge in [0.25, 0.3) is 0 Å². The van der Waals surface area contributed by atoms with Crippen LogP contribution in [0.25, 0.3) is 0 Å². The lowest BCUT2D eigenvalue weighted by Gasteiger charge is -2.16. The molecule has 0 aromatic rings. The number of Topliss-reactive ketones (excluding diaryl/α,β-unsaturated/α-hetero) is 3. The van der Waals surface area contributed by atoms with Crippen LogP contribution in [0, 0.1) is 17.8 Å². The third-order valence-corrected chi connectivity index (χ3v) is 15.9. The lowest BCUT2D eigenvalue weighted by atomic mass is 9.91. The highest BCUT2D eigenvalue weighted by molar-refractivity contribution is 5.87. The van der Waals surface area contributed by atoms with Crippen molar-refractivity contribution in [2.45, 2.75) is 213 Å². The number of amides is 6. The molecule has 10 N–H and O–H groups in total. The van der Waals surface area contributed by atoms with Crippen LogP contribution in [0.15, 0.2) is 0 Å². The normalized spacial score (nSPS) is 12.3. The fraction of sp³-hybridized carbons (Fsp3) is 0.814. The SMILES string of the molecule is CCC[C@@H](CCCCNC(=O)CC[C@H](NC(=O)CC[C@H](CC(=O)COCCOCCNC(=O)COCCOCCNC(=O)COCCOCCNC(=O)COCCOCCNC(=O)CC[C@H](CC(=O)CCCCCCCCCCCCCCCCC(=O)O)C(=O)O)C(=O)O)C(=O)O)C(=O)CC. The molecule has 582 valence electrons. The Morgan fingerprint density at radius 3 is 1.05 bits per heavy atom. The zero-order chi connectivity index (χ0) is 74.8. The van der Waals surface area contributed by atoms with Crippen LogP contribution in [0.5, 0.6) is 0 Å². The van der Waals surface area contributed by atoms with E-state index in [1.807, 2.05) is 13.8 Å². The monoisotopic (exact) mass is 1450 g/mol. The maximum atomic E-state index is 12.6. The van der Waals surface area contributed by atoms with Gasteiger partial charge in [-0.1, -0.05) is 104 Å². The molecule has 6 amide bonds. The lowest BCUT2D eigenvalue weighted by molar-refractivity contribution is -0.145. The molecule has 0 heterocycles. The van der Waals surface area contributed by atoms with Crippen LogP contribution in [0.2, 0.25) is 0 Å². The van der Waals surface area contributed by atoms with Gasteiger partial charge in [0.1, 0.15) is 44.0 Å². The number of carbonyl (C=O) groups excluding carboxylic acids is 9. The maximum Gasteiger partial charge on any atom is 0.326 e. The van der Waals surface area contributed by atoms with Gasteiger partial charge >= 0.3 is 23.9 Å². The Balaban J connectivity index is 3.80. The molecule has 0 bridgehead atoms. The van der Waals surface area contributed by atoms with Gasteiger partial charge in [-0.25, -0.2) is 4.79 Å². The molecular formula is C70H122N6O25. The quantitative estimate of drug-likeness (QED) is 0.0365. The second kappa shape index (κ2) is 66.6. The molecule has 0 aromatic carbocycles. The van der Waals surface area contributed by atoms with Gasteiger partial charge in [-0.05, 0) is 51.4 Å². The minimum atomic E-state index is -1.38. The summed E-state index contributed by atoms with van der Waals surface area (Å²) in [6.07, 6.45) is 18.6. The van der Waals surface area contributed by atoms with E-state index in [0.29, 0.717) is 25.8 Å². The topological polar surface area (TPSA) is 449 Å². The highest BCUT2D eigenvalue weighted by Gasteiger charge is 2.26. The van der Waals surface area contributed by atoms with Crippen molar-refractivity contribution in [2.75, 3.05) is 138 Å². The van der Waals surface area contributed by atoms with E-state index in [0.717, 1.165) is 77.0 Å². The predicted molar refractivity (Wildman–Crippen MR) is 369 cm³/mol. The van der Waals surface area contributed by atoms with E-state index in [2.05, 4.69) is 31.9 Å². The van der Waals surface area contributed by atoms with Crippen molar-refractivity contribution >= 4 is 76.7 Å². The number of carbonyl (C=O) groups is 13. The first kappa shape index (κ1) is 94.4. The van der Waals surface area contributed by atoms with E-state index in [1.165, 1.54) is 38.5 Å². The number of ketones is 3. The van der Waals surface area contributed by atoms with Crippen molar-refractivity contribution in [2.24, 2.45) is 17.8 Å². The Hall–Kier alpha value is -6.61. The first-order valence-electron chi connectivity index (χ1n) is 36.4. The number of unbranched alkanes of at least 4 members (excludes halogenated alkanes) is 14.